The molecule has 1 fully saturated rings. The van der Waals surface area contributed by atoms with Gasteiger partial charge >= 0.3 is 0 Å². The number of benzene rings is 1. The summed E-state index contributed by atoms with van der Waals surface area (Å²) in [5.74, 6) is -0.186. The first kappa shape index (κ1) is 16.4. The smallest absolute Gasteiger partial charge is 0.123 e. The molecule has 1 aliphatic rings. The lowest BCUT2D eigenvalue weighted by Crippen LogP contribution is -2.47. The van der Waals surface area contributed by atoms with Crippen molar-refractivity contribution in [3.05, 3.63) is 35.6 Å². The zero-order chi connectivity index (χ0) is 15.1. The summed E-state index contributed by atoms with van der Waals surface area (Å²) in [5.41, 5.74) is 1.14. The van der Waals surface area contributed by atoms with Gasteiger partial charge in [0, 0.05) is 45.3 Å². The SMILES string of the molecule is CNC(CCN1CCN(CCO)CC1)c1ccc(F)cc1. The molecule has 1 aromatic carbocycles. The van der Waals surface area contributed by atoms with Crippen molar-refractivity contribution in [2.75, 3.05) is 52.9 Å². The molecule has 1 heterocycles. The van der Waals surface area contributed by atoms with Gasteiger partial charge in [0.25, 0.3) is 0 Å². The lowest BCUT2D eigenvalue weighted by atomic mass is 10.0. The summed E-state index contributed by atoms with van der Waals surface area (Å²) in [6, 6.07) is 7.02. The van der Waals surface area contributed by atoms with Crippen LogP contribution in [0.5, 0.6) is 0 Å². The standard InChI is InChI=1S/C16H26FN3O/c1-18-16(14-2-4-15(17)5-3-14)6-7-19-8-10-20(11-9-19)12-13-21/h2-5,16,18,21H,6-13H2,1H3. The van der Waals surface area contributed by atoms with E-state index in [4.69, 9.17) is 5.11 Å². The highest BCUT2D eigenvalue weighted by Gasteiger charge is 2.17. The van der Waals surface area contributed by atoms with Crippen molar-refractivity contribution in [3.8, 4) is 0 Å². The van der Waals surface area contributed by atoms with Crippen molar-refractivity contribution in [1.29, 1.82) is 0 Å². The van der Waals surface area contributed by atoms with Gasteiger partial charge in [-0.15, -0.1) is 0 Å². The van der Waals surface area contributed by atoms with Crippen molar-refractivity contribution in [1.82, 2.24) is 15.1 Å². The molecule has 0 radical (unpaired) electrons. The number of nitrogens with one attached hydrogen (secondary N) is 1. The maximum Gasteiger partial charge on any atom is 0.123 e. The van der Waals surface area contributed by atoms with Crippen molar-refractivity contribution in [2.24, 2.45) is 0 Å². The number of rotatable bonds is 7. The molecule has 0 aliphatic carbocycles. The Morgan fingerprint density at radius 2 is 1.67 bits per heavy atom. The van der Waals surface area contributed by atoms with Crippen LogP contribution in [0.25, 0.3) is 0 Å². The topological polar surface area (TPSA) is 38.7 Å². The van der Waals surface area contributed by atoms with Gasteiger partial charge in [-0.3, -0.25) is 4.90 Å². The second kappa shape index (κ2) is 8.44. The van der Waals surface area contributed by atoms with Crippen LogP contribution in [-0.2, 0) is 0 Å². The van der Waals surface area contributed by atoms with Crippen molar-refractivity contribution in [3.63, 3.8) is 0 Å². The van der Waals surface area contributed by atoms with E-state index < -0.39 is 0 Å². The second-order valence-electron chi connectivity index (χ2n) is 5.59. The Hall–Kier alpha value is -1.01. The highest BCUT2D eigenvalue weighted by atomic mass is 19.1. The van der Waals surface area contributed by atoms with Gasteiger partial charge in [0.1, 0.15) is 5.82 Å². The van der Waals surface area contributed by atoms with Crippen LogP contribution in [0.15, 0.2) is 24.3 Å². The van der Waals surface area contributed by atoms with Crippen molar-refractivity contribution < 1.29 is 9.50 Å². The molecule has 1 aromatic rings. The van der Waals surface area contributed by atoms with E-state index in [1.807, 2.05) is 19.2 Å². The van der Waals surface area contributed by atoms with E-state index in [1.165, 1.54) is 12.1 Å². The molecule has 0 spiro atoms. The van der Waals surface area contributed by atoms with Crippen LogP contribution in [0, 0.1) is 5.82 Å². The minimum atomic E-state index is -0.186. The molecule has 2 N–H and O–H groups in total. The molecule has 1 atom stereocenters. The summed E-state index contributed by atoms with van der Waals surface area (Å²) in [6.07, 6.45) is 1.02. The molecular weight excluding hydrogens is 269 g/mol. The molecular formula is C16H26FN3O. The van der Waals surface area contributed by atoms with E-state index in [0.29, 0.717) is 0 Å². The van der Waals surface area contributed by atoms with E-state index in [-0.39, 0.29) is 18.5 Å². The third kappa shape index (κ3) is 5.04. The van der Waals surface area contributed by atoms with Gasteiger partial charge < -0.3 is 15.3 Å². The first-order chi connectivity index (χ1) is 10.2. The summed E-state index contributed by atoms with van der Waals surface area (Å²) < 4.78 is 13.0. The fourth-order valence-corrected chi connectivity index (χ4v) is 2.86. The average molecular weight is 295 g/mol. The molecule has 2 rings (SSSR count). The summed E-state index contributed by atoms with van der Waals surface area (Å²) in [6.45, 7) is 6.23. The Labute approximate surface area is 126 Å². The highest BCUT2D eigenvalue weighted by molar-refractivity contribution is 5.19. The Balaban J connectivity index is 1.77. The van der Waals surface area contributed by atoms with Crippen LogP contribution in [0.4, 0.5) is 4.39 Å². The first-order valence-corrected chi connectivity index (χ1v) is 7.71. The quantitative estimate of drug-likeness (QED) is 0.790. The van der Waals surface area contributed by atoms with Gasteiger partial charge in [-0.1, -0.05) is 12.1 Å². The maximum absolute atomic E-state index is 13.0. The minimum absolute atomic E-state index is 0.186. The van der Waals surface area contributed by atoms with Crippen molar-refractivity contribution in [2.45, 2.75) is 12.5 Å². The molecule has 4 nitrogen and oxygen atoms in total. The summed E-state index contributed by atoms with van der Waals surface area (Å²) >= 11 is 0. The van der Waals surface area contributed by atoms with Gasteiger partial charge in [0.05, 0.1) is 6.61 Å². The first-order valence-electron chi connectivity index (χ1n) is 7.71. The monoisotopic (exact) mass is 295 g/mol. The number of halogens is 1. The van der Waals surface area contributed by atoms with E-state index in [9.17, 15) is 4.39 Å². The molecule has 118 valence electrons. The molecule has 1 unspecified atom stereocenters. The average Bonchev–Trinajstić information content (AvgIpc) is 2.51. The number of aliphatic hydroxyl groups is 1. The van der Waals surface area contributed by atoms with Gasteiger partial charge in [-0.25, -0.2) is 4.39 Å². The Kier molecular flexibility index (Phi) is 6.57. The minimum Gasteiger partial charge on any atom is -0.395 e. The zero-order valence-electron chi connectivity index (χ0n) is 12.8. The lowest BCUT2D eigenvalue weighted by molar-refractivity contribution is 0.110. The predicted octanol–water partition coefficient (Wildman–Crippen LogP) is 1.09. The van der Waals surface area contributed by atoms with Gasteiger partial charge in [-0.05, 0) is 31.2 Å². The van der Waals surface area contributed by atoms with Crippen LogP contribution >= 0.6 is 0 Å². The van der Waals surface area contributed by atoms with E-state index in [0.717, 1.165) is 51.3 Å². The van der Waals surface area contributed by atoms with E-state index in [1.54, 1.807) is 0 Å². The van der Waals surface area contributed by atoms with Crippen LogP contribution in [0.2, 0.25) is 0 Å². The number of aliphatic hydroxyl groups excluding tert-OH is 1. The van der Waals surface area contributed by atoms with Crippen LogP contribution in [-0.4, -0.2) is 67.8 Å². The van der Waals surface area contributed by atoms with E-state index in [2.05, 4.69) is 15.1 Å². The molecule has 21 heavy (non-hydrogen) atoms. The maximum atomic E-state index is 13.0. The molecule has 0 saturated carbocycles. The second-order valence-corrected chi connectivity index (χ2v) is 5.59. The molecule has 1 saturated heterocycles. The number of piperazine rings is 1. The third-order valence-electron chi connectivity index (χ3n) is 4.24. The number of hydrogen-bond donors (Lipinski definition) is 2. The summed E-state index contributed by atoms with van der Waals surface area (Å²) in [4.78, 5) is 4.76. The summed E-state index contributed by atoms with van der Waals surface area (Å²) in [5, 5.41) is 12.3. The van der Waals surface area contributed by atoms with Crippen molar-refractivity contribution >= 4 is 0 Å². The molecule has 1 aliphatic heterocycles. The fraction of sp³-hybridized carbons (Fsp3) is 0.625. The zero-order valence-corrected chi connectivity index (χ0v) is 12.8. The normalized spacial score (nSPS) is 18.8. The summed E-state index contributed by atoms with van der Waals surface area (Å²) in [7, 11) is 1.95. The Morgan fingerprint density at radius 3 is 2.19 bits per heavy atom. The van der Waals surface area contributed by atoms with Crippen LogP contribution < -0.4 is 5.32 Å². The number of nitrogens with zero attached hydrogens (tertiary/aromatic N) is 2. The molecule has 5 heteroatoms. The molecule has 0 aromatic heterocycles. The van der Waals surface area contributed by atoms with Gasteiger partial charge in [0.2, 0.25) is 0 Å². The fourth-order valence-electron chi connectivity index (χ4n) is 2.86. The number of hydrogen-bond acceptors (Lipinski definition) is 4. The molecule has 0 amide bonds. The Bertz CT molecular complexity index is 404. The molecule has 0 bridgehead atoms. The third-order valence-corrected chi connectivity index (χ3v) is 4.24. The number of β-amino-alcohol motifs (C(OH)–C–C–N with tert-alkyl or cyclic N) is 1. The van der Waals surface area contributed by atoms with Gasteiger partial charge in [-0.2, -0.15) is 0 Å². The highest BCUT2D eigenvalue weighted by Crippen LogP contribution is 2.17. The van der Waals surface area contributed by atoms with E-state index >= 15 is 0 Å². The largest absolute Gasteiger partial charge is 0.395 e. The van der Waals surface area contributed by atoms with Crippen LogP contribution in [0.1, 0.15) is 18.0 Å². The lowest BCUT2D eigenvalue weighted by Gasteiger charge is -2.35. The van der Waals surface area contributed by atoms with Gasteiger partial charge in [0.15, 0.2) is 0 Å². The Morgan fingerprint density at radius 1 is 1.10 bits per heavy atom. The predicted molar refractivity (Wildman–Crippen MR) is 82.8 cm³/mol. The van der Waals surface area contributed by atoms with Crippen LogP contribution in [0.3, 0.4) is 0 Å².